The minimum atomic E-state index is 0.241. The van der Waals surface area contributed by atoms with Crippen LogP contribution in [0, 0.1) is 0 Å². The number of carbonyl (C=O) groups is 1. The molecule has 0 atom stereocenters. The maximum absolute atomic E-state index is 11.8. The van der Waals surface area contributed by atoms with Gasteiger partial charge in [0.15, 0.2) is 0 Å². The summed E-state index contributed by atoms with van der Waals surface area (Å²) in [4.78, 5) is 13.6. The fraction of sp³-hybridized carbons (Fsp3) is 0.533. The lowest BCUT2D eigenvalue weighted by Crippen LogP contribution is -2.33. The predicted octanol–water partition coefficient (Wildman–Crippen LogP) is 2.06. The van der Waals surface area contributed by atoms with Crippen molar-refractivity contribution < 1.29 is 4.79 Å². The lowest BCUT2D eigenvalue weighted by atomic mass is 9.84. The maximum Gasteiger partial charge on any atom is 0.227 e. The van der Waals surface area contributed by atoms with Gasteiger partial charge in [-0.05, 0) is 55.5 Å². The molecule has 1 saturated heterocycles. The highest BCUT2D eigenvalue weighted by Gasteiger charge is 2.26. The van der Waals surface area contributed by atoms with E-state index >= 15 is 0 Å². The zero-order valence-electron chi connectivity index (χ0n) is 10.9. The molecule has 0 aliphatic carbocycles. The van der Waals surface area contributed by atoms with Crippen LogP contribution in [0.25, 0.3) is 0 Å². The van der Waals surface area contributed by atoms with E-state index in [-0.39, 0.29) is 5.91 Å². The summed E-state index contributed by atoms with van der Waals surface area (Å²) in [7, 11) is 1.90. The summed E-state index contributed by atoms with van der Waals surface area (Å²) in [5.74, 6) is 0.910. The van der Waals surface area contributed by atoms with Crippen LogP contribution < -0.4 is 10.2 Å². The number of nitrogens with one attached hydrogen (secondary N) is 1. The fourth-order valence-electron chi connectivity index (χ4n) is 3.23. The van der Waals surface area contributed by atoms with Gasteiger partial charge in [0.2, 0.25) is 5.91 Å². The van der Waals surface area contributed by atoms with Crippen LogP contribution in [0.3, 0.4) is 0 Å². The molecule has 0 bridgehead atoms. The van der Waals surface area contributed by atoms with Crippen molar-refractivity contribution in [2.45, 2.75) is 31.6 Å². The highest BCUT2D eigenvalue weighted by Crippen LogP contribution is 2.36. The van der Waals surface area contributed by atoms with Gasteiger partial charge in [0.05, 0.1) is 0 Å². The Labute approximate surface area is 108 Å². The highest BCUT2D eigenvalue weighted by molar-refractivity contribution is 5.96. The van der Waals surface area contributed by atoms with Gasteiger partial charge in [0, 0.05) is 19.2 Å². The second-order valence-corrected chi connectivity index (χ2v) is 5.32. The molecule has 2 heterocycles. The van der Waals surface area contributed by atoms with E-state index in [2.05, 4.69) is 23.5 Å². The van der Waals surface area contributed by atoms with E-state index in [1.807, 2.05) is 11.9 Å². The van der Waals surface area contributed by atoms with Gasteiger partial charge in [-0.3, -0.25) is 4.79 Å². The van der Waals surface area contributed by atoms with E-state index in [1.165, 1.54) is 24.0 Å². The van der Waals surface area contributed by atoms with Gasteiger partial charge in [0.25, 0.3) is 0 Å². The molecule has 0 saturated carbocycles. The van der Waals surface area contributed by atoms with Crippen molar-refractivity contribution in [3.8, 4) is 0 Å². The quantitative estimate of drug-likeness (QED) is 0.820. The molecular formula is C15H20N2O. The molecule has 3 nitrogen and oxygen atoms in total. The molecular weight excluding hydrogens is 224 g/mol. The molecule has 1 fully saturated rings. The molecule has 1 aromatic carbocycles. The van der Waals surface area contributed by atoms with E-state index in [1.54, 1.807) is 0 Å². The highest BCUT2D eigenvalue weighted by atomic mass is 16.2. The largest absolute Gasteiger partial charge is 0.317 e. The number of rotatable bonds is 1. The summed E-state index contributed by atoms with van der Waals surface area (Å²) in [5, 5.41) is 3.42. The summed E-state index contributed by atoms with van der Waals surface area (Å²) < 4.78 is 0. The Kier molecular flexibility index (Phi) is 3.08. The fourth-order valence-corrected chi connectivity index (χ4v) is 3.23. The SMILES string of the molecule is CN1C(=O)CCc2c(C3CCNCC3)cccc21. The van der Waals surface area contributed by atoms with Gasteiger partial charge in [0.1, 0.15) is 0 Å². The second-order valence-electron chi connectivity index (χ2n) is 5.32. The lowest BCUT2D eigenvalue weighted by molar-refractivity contribution is -0.118. The molecule has 2 aliphatic heterocycles. The van der Waals surface area contributed by atoms with Crippen LogP contribution in [0.5, 0.6) is 0 Å². The van der Waals surface area contributed by atoms with Crippen LogP contribution in [-0.2, 0) is 11.2 Å². The molecule has 2 aliphatic rings. The van der Waals surface area contributed by atoms with Crippen molar-refractivity contribution in [2.24, 2.45) is 0 Å². The number of piperidine rings is 1. The van der Waals surface area contributed by atoms with Crippen molar-refractivity contribution in [1.29, 1.82) is 0 Å². The standard InChI is InChI=1S/C15H20N2O/c1-17-14-4-2-3-12(11-7-9-16-10-8-11)13(14)5-6-15(17)18/h2-4,11,16H,5-10H2,1H3. The van der Waals surface area contributed by atoms with Gasteiger partial charge in [-0.25, -0.2) is 0 Å². The van der Waals surface area contributed by atoms with Crippen molar-refractivity contribution in [1.82, 2.24) is 5.32 Å². The Morgan fingerprint density at radius 2 is 2.00 bits per heavy atom. The number of nitrogens with zero attached hydrogens (tertiary/aromatic N) is 1. The van der Waals surface area contributed by atoms with Crippen LogP contribution in [0.1, 0.15) is 36.3 Å². The molecule has 1 N–H and O–H groups in total. The third-order valence-corrected chi connectivity index (χ3v) is 4.29. The first-order chi connectivity index (χ1) is 8.77. The number of benzene rings is 1. The van der Waals surface area contributed by atoms with E-state index in [0.29, 0.717) is 12.3 Å². The van der Waals surface area contributed by atoms with Crippen LogP contribution in [0.2, 0.25) is 0 Å². The minimum absolute atomic E-state index is 0.241. The Bertz CT molecular complexity index is 464. The number of hydrogen-bond acceptors (Lipinski definition) is 2. The van der Waals surface area contributed by atoms with Gasteiger partial charge in [-0.1, -0.05) is 12.1 Å². The van der Waals surface area contributed by atoms with E-state index in [9.17, 15) is 4.79 Å². The van der Waals surface area contributed by atoms with Crippen LogP contribution in [0.15, 0.2) is 18.2 Å². The number of amides is 1. The average Bonchev–Trinajstić information content (AvgIpc) is 2.43. The monoisotopic (exact) mass is 244 g/mol. The summed E-state index contributed by atoms with van der Waals surface area (Å²) in [6.07, 6.45) is 4.01. The van der Waals surface area contributed by atoms with Crippen molar-refractivity contribution in [3.05, 3.63) is 29.3 Å². The maximum atomic E-state index is 11.8. The predicted molar refractivity (Wildman–Crippen MR) is 73.0 cm³/mol. The third-order valence-electron chi connectivity index (χ3n) is 4.29. The normalized spacial score (nSPS) is 20.9. The van der Waals surface area contributed by atoms with E-state index in [0.717, 1.165) is 25.2 Å². The molecule has 3 rings (SSSR count). The Morgan fingerprint density at radius 1 is 1.22 bits per heavy atom. The van der Waals surface area contributed by atoms with Gasteiger partial charge in [-0.2, -0.15) is 0 Å². The van der Waals surface area contributed by atoms with Gasteiger partial charge >= 0.3 is 0 Å². The molecule has 0 unspecified atom stereocenters. The topological polar surface area (TPSA) is 32.3 Å². The Balaban J connectivity index is 1.98. The smallest absolute Gasteiger partial charge is 0.227 e. The first kappa shape index (κ1) is 11.7. The molecule has 18 heavy (non-hydrogen) atoms. The van der Waals surface area contributed by atoms with Crippen molar-refractivity contribution in [2.75, 3.05) is 25.0 Å². The summed E-state index contributed by atoms with van der Waals surface area (Å²) in [6, 6.07) is 6.45. The van der Waals surface area contributed by atoms with Crippen LogP contribution >= 0.6 is 0 Å². The lowest BCUT2D eigenvalue weighted by Gasteiger charge is -2.31. The molecule has 0 spiro atoms. The first-order valence-corrected chi connectivity index (χ1v) is 6.86. The first-order valence-electron chi connectivity index (χ1n) is 6.86. The Hall–Kier alpha value is -1.35. The zero-order chi connectivity index (χ0) is 12.5. The van der Waals surface area contributed by atoms with E-state index in [4.69, 9.17) is 0 Å². The molecule has 1 aromatic rings. The molecule has 1 amide bonds. The van der Waals surface area contributed by atoms with Crippen molar-refractivity contribution >= 4 is 11.6 Å². The van der Waals surface area contributed by atoms with Crippen LogP contribution in [-0.4, -0.2) is 26.0 Å². The molecule has 0 radical (unpaired) electrons. The number of hydrogen-bond donors (Lipinski definition) is 1. The van der Waals surface area contributed by atoms with Gasteiger partial charge in [-0.15, -0.1) is 0 Å². The summed E-state index contributed by atoms with van der Waals surface area (Å²) in [6.45, 7) is 2.23. The second kappa shape index (κ2) is 4.73. The number of fused-ring (bicyclic) bond motifs is 1. The number of carbonyl (C=O) groups excluding carboxylic acids is 1. The minimum Gasteiger partial charge on any atom is -0.317 e. The molecule has 3 heteroatoms. The van der Waals surface area contributed by atoms with Crippen molar-refractivity contribution in [3.63, 3.8) is 0 Å². The van der Waals surface area contributed by atoms with E-state index < -0.39 is 0 Å². The summed E-state index contributed by atoms with van der Waals surface area (Å²) in [5.41, 5.74) is 4.02. The Morgan fingerprint density at radius 3 is 2.78 bits per heavy atom. The number of anilines is 1. The van der Waals surface area contributed by atoms with Crippen LogP contribution in [0.4, 0.5) is 5.69 Å². The average molecular weight is 244 g/mol. The molecule has 0 aromatic heterocycles. The molecule has 96 valence electrons. The zero-order valence-corrected chi connectivity index (χ0v) is 10.9. The third kappa shape index (κ3) is 1.93. The summed E-state index contributed by atoms with van der Waals surface area (Å²) >= 11 is 0. The van der Waals surface area contributed by atoms with Gasteiger partial charge < -0.3 is 10.2 Å².